The molecule has 142 valence electrons. The summed E-state index contributed by atoms with van der Waals surface area (Å²) in [6.07, 6.45) is -3.08. The molecule has 3 N–H and O–H groups in total. The van der Waals surface area contributed by atoms with Crippen molar-refractivity contribution in [2.45, 2.75) is 32.5 Å². The third-order valence-corrected chi connectivity index (χ3v) is 3.87. The molecule has 0 amide bonds. The summed E-state index contributed by atoms with van der Waals surface area (Å²) < 4.78 is 53.2. The SMILES string of the molecule is C=C(CCF)n1cc(-c2cnc(N)c(C(F)(F)F)c2)nc1[C@@H](O)C(C)C. The zero-order valence-corrected chi connectivity index (χ0v) is 14.4. The van der Waals surface area contributed by atoms with E-state index in [-0.39, 0.29) is 29.4 Å². The van der Waals surface area contributed by atoms with Crippen LogP contribution in [0.5, 0.6) is 0 Å². The summed E-state index contributed by atoms with van der Waals surface area (Å²) >= 11 is 0. The molecule has 0 spiro atoms. The maximum absolute atomic E-state index is 13.1. The van der Waals surface area contributed by atoms with Gasteiger partial charge in [0.15, 0.2) is 0 Å². The second-order valence-electron chi connectivity index (χ2n) is 6.20. The highest BCUT2D eigenvalue weighted by Crippen LogP contribution is 2.35. The number of anilines is 1. The molecule has 26 heavy (non-hydrogen) atoms. The molecule has 0 radical (unpaired) electrons. The molecule has 1 atom stereocenters. The molecule has 2 aromatic rings. The van der Waals surface area contributed by atoms with E-state index in [9.17, 15) is 22.7 Å². The molecule has 2 rings (SSSR count). The van der Waals surface area contributed by atoms with Gasteiger partial charge >= 0.3 is 6.18 Å². The van der Waals surface area contributed by atoms with E-state index >= 15 is 0 Å². The number of pyridine rings is 1. The average Bonchev–Trinajstić information content (AvgIpc) is 2.98. The Bertz CT molecular complexity index is 799. The van der Waals surface area contributed by atoms with Crippen LogP contribution in [-0.2, 0) is 6.18 Å². The lowest BCUT2D eigenvalue weighted by Gasteiger charge is -2.16. The van der Waals surface area contributed by atoms with Gasteiger partial charge in [-0.25, -0.2) is 9.97 Å². The smallest absolute Gasteiger partial charge is 0.385 e. The molecule has 0 bridgehead atoms. The molecule has 0 aromatic carbocycles. The molecule has 0 saturated carbocycles. The predicted octanol–water partition coefficient (Wildman–Crippen LogP) is 4.07. The van der Waals surface area contributed by atoms with Crippen molar-refractivity contribution in [3.63, 3.8) is 0 Å². The van der Waals surface area contributed by atoms with Crippen molar-refractivity contribution >= 4 is 11.5 Å². The molecule has 9 heteroatoms. The van der Waals surface area contributed by atoms with Gasteiger partial charge in [0.05, 0.1) is 17.9 Å². The van der Waals surface area contributed by atoms with Crippen molar-refractivity contribution in [3.8, 4) is 11.3 Å². The van der Waals surface area contributed by atoms with E-state index in [0.29, 0.717) is 5.70 Å². The highest BCUT2D eigenvalue weighted by molar-refractivity contribution is 5.63. The van der Waals surface area contributed by atoms with Gasteiger partial charge in [-0.1, -0.05) is 20.4 Å². The number of aliphatic hydroxyl groups excluding tert-OH is 1. The number of aromatic nitrogens is 3. The van der Waals surface area contributed by atoms with Crippen LogP contribution in [0.3, 0.4) is 0 Å². The number of nitrogens with two attached hydrogens (primary N) is 1. The van der Waals surface area contributed by atoms with Crippen LogP contribution in [0, 0.1) is 5.92 Å². The molecule has 5 nitrogen and oxygen atoms in total. The second-order valence-corrected chi connectivity index (χ2v) is 6.20. The lowest BCUT2D eigenvalue weighted by atomic mass is 10.1. The zero-order chi connectivity index (χ0) is 19.6. The van der Waals surface area contributed by atoms with Gasteiger partial charge in [-0.2, -0.15) is 13.2 Å². The van der Waals surface area contributed by atoms with E-state index in [1.165, 1.54) is 17.0 Å². The molecule has 0 aliphatic heterocycles. The third-order valence-electron chi connectivity index (χ3n) is 3.87. The summed E-state index contributed by atoms with van der Waals surface area (Å²) in [6, 6.07) is 0.846. The lowest BCUT2D eigenvalue weighted by Crippen LogP contribution is -2.13. The molecule has 0 saturated heterocycles. The third kappa shape index (κ3) is 4.04. The summed E-state index contributed by atoms with van der Waals surface area (Å²) in [6.45, 7) is 6.61. The lowest BCUT2D eigenvalue weighted by molar-refractivity contribution is -0.137. The number of allylic oxidation sites excluding steroid dienone is 1. The Kier molecular flexibility index (Phi) is 5.70. The fourth-order valence-electron chi connectivity index (χ4n) is 2.37. The minimum Gasteiger partial charge on any atom is -0.385 e. The Morgan fingerprint density at radius 2 is 2.04 bits per heavy atom. The molecular formula is C17H20F4N4O. The number of alkyl halides is 4. The number of halogens is 4. The van der Waals surface area contributed by atoms with E-state index in [1.807, 2.05) is 0 Å². The van der Waals surface area contributed by atoms with Crippen molar-refractivity contribution in [3.05, 3.63) is 36.4 Å². The van der Waals surface area contributed by atoms with E-state index in [4.69, 9.17) is 5.73 Å². The Hall–Kier alpha value is -2.42. The van der Waals surface area contributed by atoms with Gasteiger partial charge in [0.2, 0.25) is 0 Å². The van der Waals surface area contributed by atoms with Crippen molar-refractivity contribution in [1.82, 2.24) is 14.5 Å². The van der Waals surface area contributed by atoms with Crippen LogP contribution in [0.1, 0.15) is 37.8 Å². The zero-order valence-electron chi connectivity index (χ0n) is 14.4. The first-order valence-electron chi connectivity index (χ1n) is 7.90. The molecule has 2 heterocycles. The van der Waals surface area contributed by atoms with E-state index in [1.54, 1.807) is 13.8 Å². The molecule has 0 fully saturated rings. The maximum atomic E-state index is 13.1. The molecule has 2 aromatic heterocycles. The summed E-state index contributed by atoms with van der Waals surface area (Å²) in [5.74, 6) is -0.666. The molecular weight excluding hydrogens is 352 g/mol. The van der Waals surface area contributed by atoms with Gasteiger partial charge in [0.25, 0.3) is 0 Å². The van der Waals surface area contributed by atoms with Crippen molar-refractivity contribution < 1.29 is 22.7 Å². The summed E-state index contributed by atoms with van der Waals surface area (Å²) in [5, 5.41) is 10.4. The number of rotatable bonds is 6. The fraction of sp³-hybridized carbons (Fsp3) is 0.412. The van der Waals surface area contributed by atoms with Gasteiger partial charge in [-0.05, 0) is 12.0 Å². The number of imidazole rings is 1. The normalized spacial score (nSPS) is 13.2. The van der Waals surface area contributed by atoms with Gasteiger partial charge in [0, 0.05) is 30.1 Å². The molecule has 0 unspecified atom stereocenters. The topological polar surface area (TPSA) is 77.0 Å². The van der Waals surface area contributed by atoms with E-state index in [0.717, 1.165) is 6.07 Å². The monoisotopic (exact) mass is 372 g/mol. The number of hydrogen-bond donors (Lipinski definition) is 2. The van der Waals surface area contributed by atoms with Crippen LogP contribution in [0.4, 0.5) is 23.4 Å². The molecule has 0 aliphatic carbocycles. The first-order valence-corrected chi connectivity index (χ1v) is 7.90. The summed E-state index contributed by atoms with van der Waals surface area (Å²) in [7, 11) is 0. The van der Waals surface area contributed by atoms with Crippen LogP contribution in [0.25, 0.3) is 17.0 Å². The van der Waals surface area contributed by atoms with Gasteiger partial charge in [0.1, 0.15) is 17.7 Å². The fourth-order valence-corrected chi connectivity index (χ4v) is 2.37. The molecule has 0 aliphatic rings. The van der Waals surface area contributed by atoms with E-state index < -0.39 is 30.3 Å². The first kappa shape index (κ1) is 19.9. The van der Waals surface area contributed by atoms with Crippen LogP contribution in [0.2, 0.25) is 0 Å². The minimum atomic E-state index is -4.66. The van der Waals surface area contributed by atoms with Crippen molar-refractivity contribution in [1.29, 1.82) is 0 Å². The van der Waals surface area contributed by atoms with Crippen molar-refractivity contribution in [2.75, 3.05) is 12.4 Å². The first-order chi connectivity index (χ1) is 12.1. The van der Waals surface area contributed by atoms with Crippen molar-refractivity contribution in [2.24, 2.45) is 5.92 Å². The van der Waals surface area contributed by atoms with Crippen LogP contribution < -0.4 is 5.73 Å². The Morgan fingerprint density at radius 1 is 1.38 bits per heavy atom. The maximum Gasteiger partial charge on any atom is 0.419 e. The van der Waals surface area contributed by atoms with Crippen LogP contribution in [-0.4, -0.2) is 26.3 Å². The van der Waals surface area contributed by atoms with Gasteiger partial charge in [-0.3, -0.25) is 4.39 Å². The second kappa shape index (κ2) is 7.45. The number of aliphatic hydroxyl groups is 1. The standard InChI is InChI=1S/C17H20F4N4O/c1-9(2)14(26)16-24-13(8-25(16)10(3)4-5-18)11-6-12(17(19,20)21)15(22)23-7-11/h6-9,14,26H,3-5H2,1-2H3,(H2,22,23)/t14-/m0/s1. The van der Waals surface area contributed by atoms with Gasteiger partial charge in [-0.15, -0.1) is 0 Å². The summed E-state index contributed by atoms with van der Waals surface area (Å²) in [4.78, 5) is 7.82. The number of nitrogen functional groups attached to an aromatic ring is 1. The largest absolute Gasteiger partial charge is 0.419 e. The van der Waals surface area contributed by atoms with Crippen LogP contribution in [0.15, 0.2) is 25.0 Å². The van der Waals surface area contributed by atoms with Crippen LogP contribution >= 0.6 is 0 Å². The quantitative estimate of drug-likeness (QED) is 0.750. The average molecular weight is 372 g/mol. The highest BCUT2D eigenvalue weighted by atomic mass is 19.4. The highest BCUT2D eigenvalue weighted by Gasteiger charge is 2.34. The number of nitrogens with zero attached hydrogens (tertiary/aromatic N) is 3. The minimum absolute atomic E-state index is 0.00139. The Labute approximate surface area is 148 Å². The number of hydrogen-bond acceptors (Lipinski definition) is 4. The predicted molar refractivity (Wildman–Crippen MR) is 90.6 cm³/mol. The Balaban J connectivity index is 2.57. The summed E-state index contributed by atoms with van der Waals surface area (Å²) in [5.41, 5.74) is 4.80. The van der Waals surface area contributed by atoms with Gasteiger partial charge < -0.3 is 15.4 Å². The van der Waals surface area contributed by atoms with E-state index in [2.05, 4.69) is 16.5 Å². The Morgan fingerprint density at radius 3 is 2.58 bits per heavy atom.